The second-order valence-corrected chi connectivity index (χ2v) is 10.6. The maximum Gasteiger partial charge on any atom is 0.200 e. The van der Waals surface area contributed by atoms with Gasteiger partial charge in [-0.15, -0.1) is 0 Å². The lowest BCUT2D eigenvalue weighted by Crippen LogP contribution is -2.36. The highest BCUT2D eigenvalue weighted by atomic mass is 16.5. The number of phenols is 10. The van der Waals surface area contributed by atoms with Gasteiger partial charge in [0.25, 0.3) is 0 Å². The van der Waals surface area contributed by atoms with E-state index in [4.69, 9.17) is 9.47 Å². The smallest absolute Gasteiger partial charge is 0.200 e. The molecule has 2 aliphatic rings. The molecule has 14 heteroatoms. The van der Waals surface area contributed by atoms with Gasteiger partial charge in [-0.1, -0.05) is 0 Å². The number of hydrogen-bond acceptors (Lipinski definition) is 14. The zero-order chi connectivity index (χ0) is 31.8. The van der Waals surface area contributed by atoms with Crippen molar-refractivity contribution in [2.24, 2.45) is 0 Å². The van der Waals surface area contributed by atoms with Crippen LogP contribution in [0.3, 0.4) is 0 Å². The Kier molecular flexibility index (Phi) is 6.48. The Morgan fingerprint density at radius 2 is 1.05 bits per heavy atom. The van der Waals surface area contributed by atoms with Crippen LogP contribution in [0.2, 0.25) is 0 Å². The van der Waals surface area contributed by atoms with E-state index >= 15 is 0 Å². The van der Waals surface area contributed by atoms with E-state index in [9.17, 15) is 61.3 Å². The molecule has 0 radical (unpaired) electrons. The second kappa shape index (κ2) is 10.00. The first-order valence-electron chi connectivity index (χ1n) is 13.1. The van der Waals surface area contributed by atoms with Crippen molar-refractivity contribution in [2.75, 3.05) is 0 Å². The SMILES string of the molecule is Oc1cc(O)c2c(c1)O[C@H](c1cc(O)c(O)c(O)c1)[C@@H](O)[C@@H]2c1c(O)cc(O)c2c1O[C@H](c1cc(O)c(O)c(O)c1)[C@H](O)C2. The standard InChI is InChI=1S/C30H26O14/c31-11-5-14(33)22-21(6-11)43-29(10-3-18(37)26(41)19(38)4-10)27(42)24(22)23-15(34)8-13(32)12-7-20(39)28(44-30(12)23)9-1-16(35)25(40)17(36)2-9/h1-6,8,20,24,27-29,31-42H,7H2/t20-,24+,27+,28-,29-/m1/s1. The molecule has 5 atom stereocenters. The molecule has 0 unspecified atom stereocenters. The average Bonchev–Trinajstić information content (AvgIpc) is 2.95. The summed E-state index contributed by atoms with van der Waals surface area (Å²) in [6.45, 7) is 0. The van der Waals surface area contributed by atoms with Crippen LogP contribution in [-0.2, 0) is 6.42 Å². The van der Waals surface area contributed by atoms with Crippen LogP contribution in [0.15, 0.2) is 42.5 Å². The normalized spacial score (nSPS) is 22.4. The van der Waals surface area contributed by atoms with Crippen molar-refractivity contribution >= 4 is 0 Å². The Balaban J connectivity index is 1.56. The number of aliphatic hydroxyl groups is 2. The van der Waals surface area contributed by atoms with Gasteiger partial charge in [-0.25, -0.2) is 0 Å². The maximum atomic E-state index is 11.8. The van der Waals surface area contributed by atoms with E-state index in [0.29, 0.717) is 0 Å². The fraction of sp³-hybridized carbons (Fsp3) is 0.200. The second-order valence-electron chi connectivity index (χ2n) is 10.6. The maximum absolute atomic E-state index is 11.8. The molecule has 44 heavy (non-hydrogen) atoms. The van der Waals surface area contributed by atoms with E-state index in [1.807, 2.05) is 0 Å². The van der Waals surface area contributed by atoms with Gasteiger partial charge >= 0.3 is 0 Å². The van der Waals surface area contributed by atoms with Gasteiger partial charge in [0.2, 0.25) is 0 Å². The molecule has 4 aromatic carbocycles. The molecule has 0 aromatic heterocycles. The topological polar surface area (TPSA) is 261 Å². The van der Waals surface area contributed by atoms with E-state index in [2.05, 4.69) is 0 Å². The highest BCUT2D eigenvalue weighted by molar-refractivity contribution is 5.66. The van der Waals surface area contributed by atoms with Crippen LogP contribution in [-0.4, -0.2) is 73.5 Å². The van der Waals surface area contributed by atoms with Crippen molar-refractivity contribution in [3.8, 4) is 69.0 Å². The Morgan fingerprint density at radius 3 is 1.61 bits per heavy atom. The van der Waals surface area contributed by atoms with Crippen LogP contribution < -0.4 is 9.47 Å². The Labute approximate surface area is 247 Å². The molecule has 0 saturated carbocycles. The summed E-state index contributed by atoms with van der Waals surface area (Å²) in [4.78, 5) is 0. The van der Waals surface area contributed by atoms with Gasteiger partial charge in [0.15, 0.2) is 46.7 Å². The first kappa shape index (κ1) is 28.5. The molecule has 4 aromatic rings. The van der Waals surface area contributed by atoms with E-state index < -0.39 is 87.8 Å². The summed E-state index contributed by atoms with van der Waals surface area (Å²) in [7, 11) is 0. The number of ether oxygens (including phenoxy) is 2. The largest absolute Gasteiger partial charge is 0.508 e. The minimum absolute atomic E-state index is 0.00153. The number of fused-ring (bicyclic) bond motifs is 2. The van der Waals surface area contributed by atoms with Gasteiger partial charge in [-0.05, 0) is 24.3 Å². The lowest BCUT2D eigenvalue weighted by Gasteiger charge is -2.40. The number of rotatable bonds is 3. The lowest BCUT2D eigenvalue weighted by atomic mass is 9.77. The predicted octanol–water partition coefficient (Wildman–Crippen LogP) is 2.41. The van der Waals surface area contributed by atoms with Crippen molar-refractivity contribution in [3.63, 3.8) is 0 Å². The zero-order valence-corrected chi connectivity index (χ0v) is 22.3. The molecule has 2 heterocycles. The molecule has 14 nitrogen and oxygen atoms in total. The molecule has 0 fully saturated rings. The summed E-state index contributed by atoms with van der Waals surface area (Å²) < 4.78 is 12.0. The van der Waals surface area contributed by atoms with E-state index in [1.165, 1.54) is 0 Å². The number of phenolic OH excluding ortho intramolecular Hbond substituents is 10. The fourth-order valence-corrected chi connectivity index (χ4v) is 5.85. The number of hydrogen-bond donors (Lipinski definition) is 12. The number of aromatic hydroxyl groups is 10. The highest BCUT2D eigenvalue weighted by Crippen LogP contribution is 2.57. The van der Waals surface area contributed by atoms with Crippen molar-refractivity contribution in [2.45, 2.75) is 36.8 Å². The highest BCUT2D eigenvalue weighted by Gasteiger charge is 2.46. The molecule has 2 aliphatic heterocycles. The average molecular weight is 611 g/mol. The quantitative estimate of drug-likeness (QED) is 0.149. The molecule has 0 saturated heterocycles. The van der Waals surface area contributed by atoms with Crippen molar-refractivity contribution in [3.05, 3.63) is 70.3 Å². The van der Waals surface area contributed by atoms with Crippen LogP contribution in [0.1, 0.15) is 45.9 Å². The molecule has 6 rings (SSSR count). The Morgan fingerprint density at radius 1 is 0.523 bits per heavy atom. The van der Waals surface area contributed by atoms with Crippen LogP contribution in [0.25, 0.3) is 0 Å². The molecule has 230 valence electrons. The summed E-state index contributed by atoms with van der Waals surface area (Å²) in [5.74, 6) is -8.60. The zero-order valence-electron chi connectivity index (χ0n) is 22.3. The summed E-state index contributed by atoms with van der Waals surface area (Å²) in [5, 5.41) is 126. The molecule has 12 N–H and O–H groups in total. The summed E-state index contributed by atoms with van der Waals surface area (Å²) in [6, 6.07) is 7.08. The van der Waals surface area contributed by atoms with Crippen molar-refractivity contribution < 1.29 is 70.8 Å². The van der Waals surface area contributed by atoms with E-state index in [1.54, 1.807) is 0 Å². The third-order valence-electron chi connectivity index (χ3n) is 7.86. The summed E-state index contributed by atoms with van der Waals surface area (Å²) in [6.07, 6.45) is -6.26. The first-order valence-corrected chi connectivity index (χ1v) is 13.1. The van der Waals surface area contributed by atoms with Gasteiger partial charge in [-0.3, -0.25) is 0 Å². The third kappa shape index (κ3) is 4.35. The third-order valence-corrected chi connectivity index (χ3v) is 7.86. The Hall–Kier alpha value is -5.60. The predicted molar refractivity (Wildman–Crippen MR) is 147 cm³/mol. The van der Waals surface area contributed by atoms with Gasteiger partial charge in [0, 0.05) is 52.4 Å². The van der Waals surface area contributed by atoms with Gasteiger partial charge in [0.1, 0.15) is 40.6 Å². The number of benzene rings is 4. The molecule has 0 amide bonds. The monoisotopic (exact) mass is 610 g/mol. The van der Waals surface area contributed by atoms with Crippen LogP contribution in [0, 0.1) is 0 Å². The fourth-order valence-electron chi connectivity index (χ4n) is 5.85. The van der Waals surface area contributed by atoms with Gasteiger partial charge < -0.3 is 70.8 Å². The molecular weight excluding hydrogens is 584 g/mol. The van der Waals surface area contributed by atoms with Gasteiger partial charge in [0.05, 0.1) is 12.0 Å². The van der Waals surface area contributed by atoms with Crippen molar-refractivity contribution in [1.29, 1.82) is 0 Å². The van der Waals surface area contributed by atoms with Gasteiger partial charge in [-0.2, -0.15) is 0 Å². The minimum Gasteiger partial charge on any atom is -0.508 e. The molecule has 0 spiro atoms. The van der Waals surface area contributed by atoms with E-state index in [-0.39, 0.29) is 45.7 Å². The molecular formula is C30H26O14. The lowest BCUT2D eigenvalue weighted by molar-refractivity contribution is 0.00106. The Bertz CT molecular complexity index is 1770. The van der Waals surface area contributed by atoms with Crippen molar-refractivity contribution in [1.82, 2.24) is 0 Å². The first-order chi connectivity index (χ1) is 20.8. The van der Waals surface area contributed by atoms with Crippen LogP contribution in [0.5, 0.6) is 69.0 Å². The number of aliphatic hydroxyl groups excluding tert-OH is 2. The molecule has 0 bridgehead atoms. The van der Waals surface area contributed by atoms with E-state index in [0.717, 1.165) is 42.5 Å². The minimum atomic E-state index is -1.75. The van der Waals surface area contributed by atoms with Crippen LogP contribution >= 0.6 is 0 Å². The van der Waals surface area contributed by atoms with Crippen LogP contribution in [0.4, 0.5) is 0 Å². The summed E-state index contributed by atoms with van der Waals surface area (Å²) >= 11 is 0. The summed E-state index contributed by atoms with van der Waals surface area (Å²) in [5.41, 5.74) is -0.410. The molecule has 0 aliphatic carbocycles.